The van der Waals surface area contributed by atoms with Crippen molar-refractivity contribution in [3.63, 3.8) is 0 Å². The topological polar surface area (TPSA) is 135 Å². The van der Waals surface area contributed by atoms with E-state index in [1.807, 2.05) is 0 Å². The Kier molecular flexibility index (Phi) is 6.04. The van der Waals surface area contributed by atoms with Crippen LogP contribution >= 0.6 is 0 Å². The fourth-order valence-corrected chi connectivity index (χ4v) is 3.48. The number of carbonyl (C=O) groups is 1. The summed E-state index contributed by atoms with van der Waals surface area (Å²) in [5.41, 5.74) is -0.891. The Bertz CT molecular complexity index is 1140. The summed E-state index contributed by atoms with van der Waals surface area (Å²) in [5, 5.41) is 16.0. The number of hydrazone groups is 1. The molecule has 1 aromatic carbocycles. The third-order valence-electron chi connectivity index (χ3n) is 5.12. The van der Waals surface area contributed by atoms with Crippen molar-refractivity contribution in [3.8, 4) is 23.1 Å². The number of H-pyrrole nitrogens is 1. The Morgan fingerprint density at radius 2 is 1.81 bits per heavy atom. The summed E-state index contributed by atoms with van der Waals surface area (Å²) in [6.45, 7) is 1.69. The average Bonchev–Trinajstić information content (AvgIpc) is 3.20. The lowest BCUT2D eigenvalue weighted by Crippen LogP contribution is -2.32. The number of nitrogens with one attached hydrogen (secondary N) is 1. The minimum Gasteiger partial charge on any atom is -0.494 e. The number of hydrogen-bond donors (Lipinski definition) is 2. The Hall–Kier alpha value is -3.76. The fraction of sp³-hybridized carbons (Fsp3) is 0.400. The Labute approximate surface area is 177 Å². The number of carbonyl (C=O) groups excluding carboxylic acids is 1. The van der Waals surface area contributed by atoms with Gasteiger partial charge >= 0.3 is 5.69 Å². The van der Waals surface area contributed by atoms with Gasteiger partial charge in [-0.3, -0.25) is 19.1 Å². The van der Waals surface area contributed by atoms with Gasteiger partial charge in [0, 0.05) is 19.9 Å². The van der Waals surface area contributed by atoms with Gasteiger partial charge in [-0.05, 0) is 17.7 Å². The van der Waals surface area contributed by atoms with Gasteiger partial charge in [0.25, 0.3) is 5.56 Å². The monoisotopic (exact) mass is 432 g/mol. The summed E-state index contributed by atoms with van der Waals surface area (Å²) in [7, 11) is 5.76. The highest BCUT2D eigenvalue weighted by Gasteiger charge is 2.36. The van der Waals surface area contributed by atoms with Gasteiger partial charge in [0.05, 0.1) is 33.1 Å². The average molecular weight is 432 g/mol. The molecule has 3 rings (SSSR count). The lowest BCUT2D eigenvalue weighted by molar-refractivity contribution is -0.132. The molecule has 1 aliphatic rings. The van der Waals surface area contributed by atoms with Gasteiger partial charge in [0.1, 0.15) is 5.56 Å². The highest BCUT2D eigenvalue weighted by Crippen LogP contribution is 2.43. The molecular weight excluding hydrogens is 408 g/mol. The molecule has 11 heteroatoms. The minimum atomic E-state index is -0.784. The van der Waals surface area contributed by atoms with E-state index >= 15 is 0 Å². The summed E-state index contributed by atoms with van der Waals surface area (Å²) in [6, 6.07) is 2.81. The van der Waals surface area contributed by atoms with Gasteiger partial charge in [-0.15, -0.1) is 0 Å². The molecule has 2 aromatic rings. The Morgan fingerprint density at radius 1 is 1.19 bits per heavy atom. The van der Waals surface area contributed by atoms with Crippen molar-refractivity contribution in [2.75, 3.05) is 21.3 Å². The van der Waals surface area contributed by atoms with E-state index in [1.54, 1.807) is 19.1 Å². The van der Waals surface area contributed by atoms with Crippen LogP contribution in [0.25, 0.3) is 0 Å². The molecule has 1 aliphatic heterocycles. The van der Waals surface area contributed by atoms with Crippen LogP contribution in [0.15, 0.2) is 26.8 Å². The van der Waals surface area contributed by atoms with Crippen LogP contribution in [0.5, 0.6) is 23.1 Å². The van der Waals surface area contributed by atoms with Crippen molar-refractivity contribution in [1.29, 1.82) is 0 Å². The number of aromatic hydroxyl groups is 1. The van der Waals surface area contributed by atoms with Crippen LogP contribution in [0.1, 0.15) is 36.9 Å². The number of hydrogen-bond acceptors (Lipinski definition) is 8. The van der Waals surface area contributed by atoms with Crippen LogP contribution in [0.4, 0.5) is 0 Å². The molecule has 0 aliphatic carbocycles. The highest BCUT2D eigenvalue weighted by molar-refractivity contribution is 6.04. The van der Waals surface area contributed by atoms with E-state index in [1.165, 1.54) is 33.4 Å². The largest absolute Gasteiger partial charge is 0.494 e. The highest BCUT2D eigenvalue weighted by atomic mass is 16.5. The van der Waals surface area contributed by atoms with Crippen molar-refractivity contribution in [2.24, 2.45) is 12.1 Å². The lowest BCUT2D eigenvalue weighted by Gasteiger charge is -2.23. The second kappa shape index (κ2) is 8.54. The number of aromatic amines is 1. The predicted molar refractivity (Wildman–Crippen MR) is 111 cm³/mol. The number of amides is 1. The maximum atomic E-state index is 12.6. The summed E-state index contributed by atoms with van der Waals surface area (Å²) in [6.07, 6.45) is 0.298. The van der Waals surface area contributed by atoms with E-state index in [4.69, 9.17) is 14.2 Å². The quantitative estimate of drug-likeness (QED) is 0.692. The van der Waals surface area contributed by atoms with E-state index in [9.17, 15) is 19.5 Å². The molecule has 1 atom stereocenters. The molecule has 1 aromatic heterocycles. The van der Waals surface area contributed by atoms with Gasteiger partial charge in [0.15, 0.2) is 11.5 Å². The van der Waals surface area contributed by atoms with Crippen LogP contribution in [-0.4, -0.2) is 52.6 Å². The van der Waals surface area contributed by atoms with Crippen molar-refractivity contribution >= 4 is 11.6 Å². The summed E-state index contributed by atoms with van der Waals surface area (Å²) < 4.78 is 17.0. The van der Waals surface area contributed by atoms with Crippen LogP contribution in [-0.2, 0) is 11.8 Å². The number of aromatic nitrogens is 2. The number of methoxy groups -OCH3 is 3. The van der Waals surface area contributed by atoms with Crippen LogP contribution in [0, 0.1) is 0 Å². The van der Waals surface area contributed by atoms with Gasteiger partial charge in [-0.25, -0.2) is 9.80 Å². The molecule has 2 heterocycles. The SMILES string of the molecule is CCC(=O)N1N=C(c2c(O)n(C)c(=O)[nH]c2=O)C[C@@H]1c1cc(OC)c(OC)c(OC)c1. The maximum Gasteiger partial charge on any atom is 0.330 e. The van der Waals surface area contributed by atoms with Gasteiger partial charge in [-0.1, -0.05) is 6.92 Å². The first-order valence-electron chi connectivity index (χ1n) is 9.49. The number of benzene rings is 1. The zero-order valence-electron chi connectivity index (χ0n) is 17.9. The molecular formula is C20H24N4O7. The van der Waals surface area contributed by atoms with E-state index in [-0.39, 0.29) is 30.0 Å². The summed E-state index contributed by atoms with van der Waals surface area (Å²) >= 11 is 0. The van der Waals surface area contributed by atoms with E-state index in [0.717, 1.165) is 4.57 Å². The Morgan fingerprint density at radius 3 is 2.32 bits per heavy atom. The molecule has 1 amide bonds. The van der Waals surface area contributed by atoms with Gasteiger partial charge < -0.3 is 19.3 Å². The van der Waals surface area contributed by atoms with Crippen LogP contribution in [0.2, 0.25) is 0 Å². The normalized spacial score (nSPS) is 15.6. The second-order valence-corrected chi connectivity index (χ2v) is 6.83. The molecule has 11 nitrogen and oxygen atoms in total. The van der Waals surface area contributed by atoms with Crippen LogP contribution < -0.4 is 25.5 Å². The first-order valence-corrected chi connectivity index (χ1v) is 9.49. The molecule has 0 spiro atoms. The third kappa shape index (κ3) is 3.74. The number of nitrogens with zero attached hydrogens (tertiary/aromatic N) is 3. The van der Waals surface area contributed by atoms with E-state index in [2.05, 4.69) is 10.1 Å². The van der Waals surface area contributed by atoms with Gasteiger partial charge in [-0.2, -0.15) is 5.10 Å². The molecule has 0 bridgehead atoms. The molecule has 2 N–H and O–H groups in total. The maximum absolute atomic E-state index is 12.6. The summed E-state index contributed by atoms with van der Waals surface area (Å²) in [5.74, 6) is 0.388. The Balaban J connectivity index is 2.15. The molecule has 0 saturated carbocycles. The molecule has 0 fully saturated rings. The van der Waals surface area contributed by atoms with Crippen molar-refractivity contribution in [1.82, 2.24) is 14.6 Å². The van der Waals surface area contributed by atoms with E-state index in [0.29, 0.717) is 22.8 Å². The van der Waals surface area contributed by atoms with Gasteiger partial charge in [0.2, 0.25) is 17.5 Å². The standard InChI is InChI=1S/C20H24N4O7/c1-6-15(25)24-12(10-7-13(29-3)17(31-5)14(8-10)30-4)9-11(22-24)16-18(26)21-20(28)23(2)19(16)27/h7-8,12,27H,6,9H2,1-5H3,(H,21,26,28)/t12-/m1/s1. The molecule has 0 unspecified atom stereocenters. The first kappa shape index (κ1) is 21.9. The first-order chi connectivity index (χ1) is 14.8. The molecule has 166 valence electrons. The smallest absolute Gasteiger partial charge is 0.330 e. The predicted octanol–water partition coefficient (Wildman–Crippen LogP) is 0.893. The fourth-order valence-electron chi connectivity index (χ4n) is 3.48. The summed E-state index contributed by atoms with van der Waals surface area (Å²) in [4.78, 5) is 38.9. The zero-order valence-corrected chi connectivity index (χ0v) is 17.9. The van der Waals surface area contributed by atoms with Crippen molar-refractivity contribution in [2.45, 2.75) is 25.8 Å². The van der Waals surface area contributed by atoms with Crippen molar-refractivity contribution in [3.05, 3.63) is 44.1 Å². The number of ether oxygens (including phenoxy) is 3. The number of rotatable bonds is 6. The second-order valence-electron chi connectivity index (χ2n) is 6.83. The van der Waals surface area contributed by atoms with Crippen LogP contribution in [0.3, 0.4) is 0 Å². The zero-order chi connectivity index (χ0) is 22.9. The third-order valence-corrected chi connectivity index (χ3v) is 5.12. The molecule has 31 heavy (non-hydrogen) atoms. The minimum absolute atomic E-state index is 0.124. The molecule has 0 saturated heterocycles. The van der Waals surface area contributed by atoms with Crippen molar-refractivity contribution < 1.29 is 24.1 Å². The van der Waals surface area contributed by atoms with E-state index < -0.39 is 23.2 Å². The molecule has 0 radical (unpaired) electrons. The lowest BCUT2D eigenvalue weighted by atomic mass is 9.98.